The van der Waals surface area contributed by atoms with E-state index in [9.17, 15) is 14.7 Å². The highest BCUT2D eigenvalue weighted by Crippen LogP contribution is 2.32. The predicted molar refractivity (Wildman–Crippen MR) is 135 cm³/mol. The van der Waals surface area contributed by atoms with Crippen molar-refractivity contribution >= 4 is 23.3 Å². The van der Waals surface area contributed by atoms with Crippen molar-refractivity contribution in [2.45, 2.75) is 51.8 Å². The minimum absolute atomic E-state index is 0.0359. The van der Waals surface area contributed by atoms with E-state index in [0.717, 1.165) is 25.9 Å². The number of aliphatic hydroxyl groups excluding tert-OH is 2. The summed E-state index contributed by atoms with van der Waals surface area (Å²) >= 11 is 0. The molecule has 2 amide bonds. The van der Waals surface area contributed by atoms with E-state index in [1.807, 2.05) is 18.7 Å². The highest BCUT2D eigenvalue weighted by Gasteiger charge is 2.35. The summed E-state index contributed by atoms with van der Waals surface area (Å²) < 4.78 is 22.4. The number of ether oxygens (including phenoxy) is 1. The highest BCUT2D eigenvalue weighted by atomic mass is 19.1. The zero-order valence-electron chi connectivity index (χ0n) is 21.1. The lowest BCUT2D eigenvalue weighted by Crippen LogP contribution is -2.46. The molecular formula is C26H34FN5O5. The predicted octanol–water partition coefficient (Wildman–Crippen LogP) is 2.13. The third-order valence-corrected chi connectivity index (χ3v) is 6.40. The van der Waals surface area contributed by atoms with Crippen molar-refractivity contribution < 1.29 is 28.9 Å². The Bertz CT molecular complexity index is 1140. The summed E-state index contributed by atoms with van der Waals surface area (Å²) in [5.41, 5.74) is 0.486. The number of benzene rings is 1. The molecule has 0 radical (unpaired) electrons. The molecule has 200 valence electrons. The third-order valence-electron chi connectivity index (χ3n) is 6.40. The first-order valence-electron chi connectivity index (χ1n) is 12.6. The molecule has 1 saturated heterocycles. The molecule has 0 spiro atoms. The van der Waals surface area contributed by atoms with Crippen LogP contribution in [0.4, 0.5) is 15.9 Å². The zero-order valence-corrected chi connectivity index (χ0v) is 21.1. The van der Waals surface area contributed by atoms with Gasteiger partial charge in [-0.2, -0.15) is 5.10 Å². The van der Waals surface area contributed by atoms with Gasteiger partial charge in [0.15, 0.2) is 17.4 Å². The lowest BCUT2D eigenvalue weighted by atomic mass is 10.0. The molecule has 1 aromatic heterocycles. The van der Waals surface area contributed by atoms with E-state index in [0.29, 0.717) is 12.1 Å². The maximum absolute atomic E-state index is 15.2. The molecule has 2 aromatic rings. The van der Waals surface area contributed by atoms with Crippen LogP contribution in [0.1, 0.15) is 33.1 Å². The fourth-order valence-electron chi connectivity index (χ4n) is 4.59. The summed E-state index contributed by atoms with van der Waals surface area (Å²) in [6.45, 7) is 5.20. The molecule has 4 rings (SSSR count). The number of nitrogens with one attached hydrogen (secondary N) is 1. The molecule has 0 unspecified atom stereocenters. The van der Waals surface area contributed by atoms with Crippen LogP contribution in [0.15, 0.2) is 42.3 Å². The number of rotatable bonds is 11. The van der Waals surface area contributed by atoms with Crippen LogP contribution >= 0.6 is 0 Å². The van der Waals surface area contributed by atoms with E-state index in [1.165, 1.54) is 21.7 Å². The largest absolute Gasteiger partial charge is 0.456 e. The SMILES string of the molecule is CC(C)C[C@@H](C(=O)Nc1ccn(C[C@@H](O)CO)n1)N1CC(Oc2cccc(N3CCCC3)c2F)=CC1=O. The molecule has 0 bridgehead atoms. The minimum Gasteiger partial charge on any atom is -0.456 e. The third kappa shape index (κ3) is 6.47. The summed E-state index contributed by atoms with van der Waals surface area (Å²) in [6.07, 6.45) is 4.34. The average Bonchev–Trinajstić information content (AvgIpc) is 3.61. The number of halogens is 1. The second-order valence-corrected chi connectivity index (χ2v) is 9.86. The molecule has 3 heterocycles. The van der Waals surface area contributed by atoms with Gasteiger partial charge in [-0.15, -0.1) is 0 Å². The Labute approximate surface area is 215 Å². The topological polar surface area (TPSA) is 120 Å². The Morgan fingerprint density at radius 1 is 1.24 bits per heavy atom. The normalized spacial score (nSPS) is 17.4. The van der Waals surface area contributed by atoms with E-state index in [-0.39, 0.29) is 42.2 Å². The Morgan fingerprint density at radius 3 is 2.70 bits per heavy atom. The quantitative estimate of drug-likeness (QED) is 0.419. The Balaban J connectivity index is 1.44. The van der Waals surface area contributed by atoms with Crippen molar-refractivity contribution in [1.82, 2.24) is 14.7 Å². The first kappa shape index (κ1) is 26.6. The average molecular weight is 516 g/mol. The lowest BCUT2D eigenvalue weighted by molar-refractivity contribution is -0.133. The zero-order chi connectivity index (χ0) is 26.5. The van der Waals surface area contributed by atoms with E-state index in [1.54, 1.807) is 24.4 Å². The molecule has 3 N–H and O–H groups in total. The number of anilines is 2. The number of hydrogen-bond acceptors (Lipinski definition) is 7. The van der Waals surface area contributed by atoms with Gasteiger partial charge < -0.3 is 30.1 Å². The molecular weight excluding hydrogens is 481 g/mol. The Morgan fingerprint density at radius 2 is 2.00 bits per heavy atom. The standard InChI is InChI=1S/C26H34FN5O5/c1-17(2)12-21(26(36)28-23-8-11-31(29-23)14-18(34)16-33)32-15-19(13-24(32)35)37-22-7-5-6-20(25(22)27)30-9-3-4-10-30/h5-8,11,13,17-18,21,33-34H,3-4,9-10,12,14-16H2,1-2H3,(H,28,29,36)/t18-,21+/m1/s1. The number of carbonyl (C=O) groups is 2. The maximum Gasteiger partial charge on any atom is 0.251 e. The monoisotopic (exact) mass is 515 g/mol. The Kier molecular flexibility index (Phi) is 8.45. The van der Waals surface area contributed by atoms with E-state index in [2.05, 4.69) is 10.4 Å². The Hall–Kier alpha value is -3.44. The van der Waals surface area contributed by atoms with Gasteiger partial charge in [-0.3, -0.25) is 14.3 Å². The number of aliphatic hydroxyl groups is 2. The number of nitrogens with zero attached hydrogens (tertiary/aromatic N) is 4. The van der Waals surface area contributed by atoms with Crippen molar-refractivity contribution in [2.24, 2.45) is 5.92 Å². The fourth-order valence-corrected chi connectivity index (χ4v) is 4.59. The van der Waals surface area contributed by atoms with Gasteiger partial charge in [0.05, 0.1) is 31.5 Å². The van der Waals surface area contributed by atoms with Gasteiger partial charge in [-0.1, -0.05) is 19.9 Å². The van der Waals surface area contributed by atoms with Crippen LogP contribution in [0.3, 0.4) is 0 Å². The number of hydrogen-bond donors (Lipinski definition) is 3. The molecule has 2 aliphatic rings. The van der Waals surface area contributed by atoms with Gasteiger partial charge in [-0.25, -0.2) is 4.39 Å². The van der Waals surface area contributed by atoms with Crippen LogP contribution in [0.5, 0.6) is 5.75 Å². The minimum atomic E-state index is -0.968. The number of amides is 2. The van der Waals surface area contributed by atoms with E-state index < -0.39 is 30.5 Å². The molecule has 2 atom stereocenters. The first-order chi connectivity index (χ1) is 17.7. The van der Waals surface area contributed by atoms with Crippen molar-refractivity contribution in [2.75, 3.05) is 36.5 Å². The summed E-state index contributed by atoms with van der Waals surface area (Å²) in [5.74, 6) is -0.567. The van der Waals surface area contributed by atoms with Crippen LogP contribution in [0.2, 0.25) is 0 Å². The van der Waals surface area contributed by atoms with Crippen LogP contribution < -0.4 is 15.0 Å². The van der Waals surface area contributed by atoms with Crippen molar-refractivity contribution in [3.63, 3.8) is 0 Å². The highest BCUT2D eigenvalue weighted by molar-refractivity contribution is 5.99. The van der Waals surface area contributed by atoms with Gasteiger partial charge in [0.25, 0.3) is 5.91 Å². The van der Waals surface area contributed by atoms with E-state index in [4.69, 9.17) is 9.84 Å². The van der Waals surface area contributed by atoms with E-state index >= 15 is 4.39 Å². The smallest absolute Gasteiger partial charge is 0.251 e. The second-order valence-electron chi connectivity index (χ2n) is 9.86. The van der Waals surface area contributed by atoms with Crippen molar-refractivity contribution in [3.05, 3.63) is 48.1 Å². The van der Waals surface area contributed by atoms with Crippen LogP contribution in [0, 0.1) is 11.7 Å². The van der Waals surface area contributed by atoms with Crippen molar-refractivity contribution in [3.8, 4) is 5.75 Å². The van der Waals surface area contributed by atoms with Gasteiger partial charge in [0.2, 0.25) is 5.91 Å². The molecule has 1 aromatic carbocycles. The second kappa shape index (κ2) is 11.7. The van der Waals surface area contributed by atoms with Gasteiger partial charge in [-0.05, 0) is 37.3 Å². The van der Waals surface area contributed by atoms with Gasteiger partial charge in [0.1, 0.15) is 11.8 Å². The molecule has 0 aliphatic carbocycles. The maximum atomic E-state index is 15.2. The molecule has 37 heavy (non-hydrogen) atoms. The number of carbonyl (C=O) groups excluding carboxylic acids is 2. The first-order valence-corrected chi connectivity index (χ1v) is 12.6. The summed E-state index contributed by atoms with van der Waals surface area (Å²) in [5, 5.41) is 25.5. The van der Waals surface area contributed by atoms with Gasteiger partial charge >= 0.3 is 0 Å². The van der Waals surface area contributed by atoms with Crippen LogP contribution in [-0.4, -0.2) is 75.1 Å². The summed E-state index contributed by atoms with van der Waals surface area (Å²) in [6, 6.07) is 5.77. The van der Waals surface area contributed by atoms with Gasteiger partial charge in [0, 0.05) is 31.4 Å². The van der Waals surface area contributed by atoms with Crippen LogP contribution in [-0.2, 0) is 16.1 Å². The summed E-state index contributed by atoms with van der Waals surface area (Å²) in [7, 11) is 0. The molecule has 11 heteroatoms. The fraction of sp³-hybridized carbons (Fsp3) is 0.500. The summed E-state index contributed by atoms with van der Waals surface area (Å²) in [4.78, 5) is 29.5. The van der Waals surface area contributed by atoms with Crippen molar-refractivity contribution in [1.29, 1.82) is 0 Å². The van der Waals surface area contributed by atoms with Crippen LogP contribution in [0.25, 0.3) is 0 Å². The molecule has 2 aliphatic heterocycles. The number of aromatic nitrogens is 2. The molecule has 1 fully saturated rings. The molecule has 10 nitrogen and oxygen atoms in total. The lowest BCUT2D eigenvalue weighted by Gasteiger charge is -2.28. The molecule has 0 saturated carbocycles.